The van der Waals surface area contributed by atoms with Crippen LogP contribution in [0.1, 0.15) is 26.7 Å². The van der Waals surface area contributed by atoms with E-state index in [1.165, 1.54) is 0 Å². The molecule has 0 aromatic rings. The van der Waals surface area contributed by atoms with Crippen LogP contribution in [0.15, 0.2) is 0 Å². The topological polar surface area (TPSA) is 64.3 Å². The van der Waals surface area contributed by atoms with Gasteiger partial charge in [0.25, 0.3) is 0 Å². The highest BCUT2D eigenvalue weighted by Gasteiger charge is 2.42. The summed E-state index contributed by atoms with van der Waals surface area (Å²) in [4.78, 5) is 11.3. The molecular weight excluding hydrogens is 168 g/mol. The third kappa shape index (κ3) is 3.32. The van der Waals surface area contributed by atoms with Gasteiger partial charge in [0, 0.05) is 6.54 Å². The van der Waals surface area contributed by atoms with E-state index in [9.17, 15) is 4.79 Å². The van der Waals surface area contributed by atoms with E-state index in [1.807, 2.05) is 13.8 Å². The number of hydrogen-bond acceptors (Lipinski definition) is 3. The molecule has 1 aliphatic rings. The Hall–Kier alpha value is -0.610. The van der Waals surface area contributed by atoms with Crippen LogP contribution in [-0.4, -0.2) is 30.7 Å². The molecular formula is C9H18N2O2. The van der Waals surface area contributed by atoms with Gasteiger partial charge in [-0.25, -0.2) is 0 Å². The van der Waals surface area contributed by atoms with Crippen molar-refractivity contribution in [3.8, 4) is 0 Å². The number of ether oxygens (including phenoxy) is 1. The molecule has 0 atom stereocenters. The van der Waals surface area contributed by atoms with Crippen molar-refractivity contribution >= 4 is 5.91 Å². The number of nitrogens with two attached hydrogens (primary N) is 1. The molecule has 76 valence electrons. The second kappa shape index (κ2) is 4.07. The molecule has 4 heteroatoms. The van der Waals surface area contributed by atoms with Crippen molar-refractivity contribution in [3.05, 3.63) is 0 Å². The van der Waals surface area contributed by atoms with Gasteiger partial charge in [-0.05, 0) is 26.7 Å². The van der Waals surface area contributed by atoms with Crippen molar-refractivity contribution in [1.82, 2.24) is 5.32 Å². The van der Waals surface area contributed by atoms with Crippen LogP contribution >= 0.6 is 0 Å². The highest BCUT2D eigenvalue weighted by molar-refractivity contribution is 5.78. The summed E-state index contributed by atoms with van der Waals surface area (Å²) < 4.78 is 5.17. The lowest BCUT2D eigenvalue weighted by molar-refractivity contribution is -0.128. The first-order chi connectivity index (χ1) is 6.08. The van der Waals surface area contributed by atoms with Gasteiger partial charge in [0.1, 0.15) is 6.61 Å². The molecule has 0 aromatic heterocycles. The van der Waals surface area contributed by atoms with Crippen LogP contribution in [0.3, 0.4) is 0 Å². The predicted octanol–water partition coefficient (Wildman–Crippen LogP) is 0.0189. The second-order valence-corrected chi connectivity index (χ2v) is 3.89. The number of carbonyl (C=O) groups excluding carboxylic acids is 1. The summed E-state index contributed by atoms with van der Waals surface area (Å²) in [5, 5.41) is 2.88. The Morgan fingerprint density at radius 3 is 2.62 bits per heavy atom. The van der Waals surface area contributed by atoms with Gasteiger partial charge in [0.15, 0.2) is 0 Å². The highest BCUT2D eigenvalue weighted by atomic mass is 16.5. The summed E-state index contributed by atoms with van der Waals surface area (Å²) in [6.45, 7) is 4.48. The molecule has 0 spiro atoms. The van der Waals surface area contributed by atoms with Crippen molar-refractivity contribution in [2.24, 2.45) is 5.73 Å². The van der Waals surface area contributed by atoms with E-state index in [-0.39, 0.29) is 24.2 Å². The summed E-state index contributed by atoms with van der Waals surface area (Å²) in [7, 11) is 0. The third-order valence-corrected chi connectivity index (χ3v) is 2.20. The zero-order chi connectivity index (χ0) is 9.90. The molecule has 1 aliphatic carbocycles. The Morgan fingerprint density at radius 1 is 1.62 bits per heavy atom. The summed E-state index contributed by atoms with van der Waals surface area (Å²) in [5.41, 5.74) is 5.42. The molecule has 1 saturated carbocycles. The van der Waals surface area contributed by atoms with Crippen LogP contribution in [0.4, 0.5) is 0 Å². The Balaban J connectivity index is 2.18. The van der Waals surface area contributed by atoms with Gasteiger partial charge >= 0.3 is 0 Å². The summed E-state index contributed by atoms with van der Waals surface area (Å²) in [5.74, 6) is -0.0587. The van der Waals surface area contributed by atoms with E-state index < -0.39 is 0 Å². The maximum Gasteiger partial charge on any atom is 0.246 e. The Morgan fingerprint density at radius 2 is 2.23 bits per heavy atom. The zero-order valence-electron chi connectivity index (χ0n) is 8.30. The van der Waals surface area contributed by atoms with Crippen LogP contribution in [0, 0.1) is 0 Å². The normalized spacial score (nSPS) is 18.8. The number of nitrogens with one attached hydrogen (secondary N) is 1. The molecule has 1 rings (SSSR count). The van der Waals surface area contributed by atoms with Gasteiger partial charge in [-0.3, -0.25) is 4.79 Å². The second-order valence-electron chi connectivity index (χ2n) is 3.89. The molecule has 0 aromatic carbocycles. The first-order valence-corrected chi connectivity index (χ1v) is 4.71. The predicted molar refractivity (Wildman–Crippen MR) is 50.3 cm³/mol. The van der Waals surface area contributed by atoms with Crippen molar-refractivity contribution in [1.29, 1.82) is 0 Å². The third-order valence-electron chi connectivity index (χ3n) is 2.20. The molecule has 0 heterocycles. The summed E-state index contributed by atoms with van der Waals surface area (Å²) >= 11 is 0. The van der Waals surface area contributed by atoms with Gasteiger partial charge in [-0.1, -0.05) is 0 Å². The lowest BCUT2D eigenvalue weighted by Crippen LogP contribution is -2.44. The fraction of sp³-hybridized carbons (Fsp3) is 0.889. The van der Waals surface area contributed by atoms with E-state index in [0.717, 1.165) is 12.8 Å². The van der Waals surface area contributed by atoms with Gasteiger partial charge < -0.3 is 15.8 Å². The van der Waals surface area contributed by atoms with E-state index >= 15 is 0 Å². The van der Waals surface area contributed by atoms with Gasteiger partial charge in [0.05, 0.1) is 11.6 Å². The molecule has 13 heavy (non-hydrogen) atoms. The minimum Gasteiger partial charge on any atom is -0.369 e. The quantitative estimate of drug-likeness (QED) is 0.636. The van der Waals surface area contributed by atoms with E-state index in [2.05, 4.69) is 5.32 Å². The molecule has 0 bridgehead atoms. The van der Waals surface area contributed by atoms with Crippen LogP contribution < -0.4 is 11.1 Å². The number of hydrogen-bond donors (Lipinski definition) is 2. The van der Waals surface area contributed by atoms with Gasteiger partial charge in [-0.2, -0.15) is 0 Å². The zero-order valence-corrected chi connectivity index (χ0v) is 8.30. The lowest BCUT2D eigenvalue weighted by Gasteiger charge is -2.15. The lowest BCUT2D eigenvalue weighted by atomic mass is 10.3. The summed E-state index contributed by atoms with van der Waals surface area (Å²) in [6.07, 6.45) is 2.09. The average Bonchev–Trinajstić information content (AvgIpc) is 2.82. The van der Waals surface area contributed by atoms with E-state index in [0.29, 0.717) is 6.54 Å². The molecule has 0 unspecified atom stereocenters. The van der Waals surface area contributed by atoms with E-state index in [4.69, 9.17) is 10.5 Å². The van der Waals surface area contributed by atoms with Crippen LogP contribution in [0.2, 0.25) is 0 Å². The molecule has 0 aliphatic heterocycles. The van der Waals surface area contributed by atoms with Crippen molar-refractivity contribution in [2.75, 3.05) is 13.2 Å². The van der Waals surface area contributed by atoms with Gasteiger partial charge in [0.2, 0.25) is 5.91 Å². The Kier molecular flexibility index (Phi) is 3.27. The summed E-state index contributed by atoms with van der Waals surface area (Å²) in [6, 6.07) is 0. The molecule has 1 amide bonds. The highest BCUT2D eigenvalue weighted by Crippen LogP contribution is 2.33. The smallest absolute Gasteiger partial charge is 0.246 e. The monoisotopic (exact) mass is 186 g/mol. The minimum absolute atomic E-state index is 0.0587. The molecule has 0 saturated heterocycles. The van der Waals surface area contributed by atoms with Crippen molar-refractivity contribution in [2.45, 2.75) is 38.3 Å². The fourth-order valence-corrected chi connectivity index (χ4v) is 1.11. The maximum absolute atomic E-state index is 11.3. The van der Waals surface area contributed by atoms with E-state index in [1.54, 1.807) is 0 Å². The van der Waals surface area contributed by atoms with Crippen LogP contribution in [0.25, 0.3) is 0 Å². The van der Waals surface area contributed by atoms with Gasteiger partial charge in [-0.15, -0.1) is 0 Å². The molecule has 1 fully saturated rings. The number of rotatable bonds is 5. The molecule has 3 N–H and O–H groups in total. The standard InChI is InChI=1S/C9H18N2O2/c1-7(2)13-5-8(12)11-9(6-10)3-4-9/h7H,3-6,10H2,1-2H3,(H,11,12). The Bertz CT molecular complexity index is 188. The Labute approximate surface area is 78.8 Å². The fourth-order valence-electron chi connectivity index (χ4n) is 1.11. The SMILES string of the molecule is CC(C)OCC(=O)NC1(CN)CC1. The number of amides is 1. The van der Waals surface area contributed by atoms with Crippen molar-refractivity contribution in [3.63, 3.8) is 0 Å². The molecule has 0 radical (unpaired) electrons. The largest absolute Gasteiger partial charge is 0.369 e. The minimum atomic E-state index is -0.0998. The van der Waals surface area contributed by atoms with Crippen molar-refractivity contribution < 1.29 is 9.53 Å². The number of carbonyl (C=O) groups is 1. The first kappa shape index (κ1) is 10.5. The van der Waals surface area contributed by atoms with Crippen LogP contribution in [-0.2, 0) is 9.53 Å². The first-order valence-electron chi connectivity index (χ1n) is 4.71. The maximum atomic E-state index is 11.3. The van der Waals surface area contributed by atoms with Crippen LogP contribution in [0.5, 0.6) is 0 Å². The average molecular weight is 186 g/mol. The molecule has 4 nitrogen and oxygen atoms in total.